The molecule has 0 fully saturated rings. The molecule has 1 atom stereocenters. The quantitative estimate of drug-likeness (QED) is 0.165. The summed E-state index contributed by atoms with van der Waals surface area (Å²) in [5.74, 6) is 2.73. The summed E-state index contributed by atoms with van der Waals surface area (Å²) in [6.07, 6.45) is -0.593. The Hall–Kier alpha value is -8.33. The topological polar surface area (TPSA) is 123 Å². The Kier molecular flexibility index (Phi) is 9.64. The van der Waals surface area contributed by atoms with E-state index in [2.05, 4.69) is 29.6 Å². The maximum absolute atomic E-state index is 10.2. The van der Waals surface area contributed by atoms with Crippen molar-refractivity contribution in [3.05, 3.63) is 210 Å². The maximum atomic E-state index is 10.2. The SMILES string of the molecule is N#Cc1ccc(-c2ccccc2-c2ccc(C#N)cc2C2N=C(c3ccccc3)N=C(c3ccccc3)N2)c(-c2nc(-c3ccccc3)nc(-c3ccccc3)n2)c1. The molecule has 0 amide bonds. The van der Waals surface area contributed by atoms with Crippen LogP contribution in [0.2, 0.25) is 0 Å². The Morgan fingerprint density at radius 3 is 1.43 bits per heavy atom. The summed E-state index contributed by atoms with van der Waals surface area (Å²) in [4.78, 5) is 25.1. The Balaban J connectivity index is 1.23. The minimum absolute atomic E-state index is 0.435. The second-order valence-corrected chi connectivity index (χ2v) is 13.6. The van der Waals surface area contributed by atoms with Crippen LogP contribution in [0.4, 0.5) is 0 Å². The number of rotatable bonds is 8. The van der Waals surface area contributed by atoms with Gasteiger partial charge in [0.15, 0.2) is 23.3 Å². The zero-order chi connectivity index (χ0) is 39.3. The Morgan fingerprint density at radius 1 is 0.414 bits per heavy atom. The minimum atomic E-state index is -0.593. The molecule has 1 unspecified atom stereocenters. The van der Waals surface area contributed by atoms with E-state index in [0.717, 1.165) is 50.1 Å². The third kappa shape index (κ3) is 7.13. The van der Waals surface area contributed by atoms with Crippen LogP contribution in [-0.4, -0.2) is 26.6 Å². The summed E-state index contributed by atoms with van der Waals surface area (Å²) >= 11 is 0. The molecule has 9 rings (SSSR count). The summed E-state index contributed by atoms with van der Waals surface area (Å²) in [5, 5.41) is 23.9. The van der Waals surface area contributed by atoms with Crippen LogP contribution in [-0.2, 0) is 0 Å². The molecule has 8 heteroatoms. The van der Waals surface area contributed by atoms with E-state index in [9.17, 15) is 10.5 Å². The number of nitrogens with zero attached hydrogens (tertiary/aromatic N) is 7. The van der Waals surface area contributed by atoms with Gasteiger partial charge in [-0.3, -0.25) is 0 Å². The number of nitriles is 2. The van der Waals surface area contributed by atoms with Crippen LogP contribution in [0, 0.1) is 22.7 Å². The lowest BCUT2D eigenvalue weighted by atomic mass is 9.87. The maximum Gasteiger partial charge on any atom is 0.164 e. The van der Waals surface area contributed by atoms with Crippen molar-refractivity contribution in [1.82, 2.24) is 20.3 Å². The van der Waals surface area contributed by atoms with Gasteiger partial charge in [-0.15, -0.1) is 0 Å². The lowest BCUT2D eigenvalue weighted by Gasteiger charge is -2.26. The predicted molar refractivity (Wildman–Crippen MR) is 228 cm³/mol. The van der Waals surface area contributed by atoms with Gasteiger partial charge in [-0.25, -0.2) is 24.9 Å². The molecule has 272 valence electrons. The van der Waals surface area contributed by atoms with E-state index in [1.807, 2.05) is 170 Å². The average Bonchev–Trinajstić information content (AvgIpc) is 3.32. The fourth-order valence-corrected chi connectivity index (χ4v) is 7.09. The van der Waals surface area contributed by atoms with Gasteiger partial charge >= 0.3 is 0 Å². The smallest absolute Gasteiger partial charge is 0.164 e. The number of hydrogen-bond acceptors (Lipinski definition) is 8. The summed E-state index contributed by atoms with van der Waals surface area (Å²) < 4.78 is 0. The van der Waals surface area contributed by atoms with Gasteiger partial charge in [0.1, 0.15) is 12.0 Å². The van der Waals surface area contributed by atoms with E-state index >= 15 is 0 Å². The molecule has 1 N–H and O–H groups in total. The molecule has 0 spiro atoms. The van der Waals surface area contributed by atoms with E-state index in [-0.39, 0.29) is 0 Å². The van der Waals surface area contributed by atoms with Crippen molar-refractivity contribution in [1.29, 1.82) is 10.5 Å². The van der Waals surface area contributed by atoms with Gasteiger partial charge in [0.25, 0.3) is 0 Å². The number of nitrogens with one attached hydrogen (secondary N) is 1. The van der Waals surface area contributed by atoms with E-state index in [4.69, 9.17) is 24.9 Å². The second-order valence-electron chi connectivity index (χ2n) is 13.6. The molecule has 1 aromatic heterocycles. The molecule has 7 aromatic carbocycles. The van der Waals surface area contributed by atoms with Gasteiger partial charge in [-0.1, -0.05) is 158 Å². The van der Waals surface area contributed by atoms with Crippen LogP contribution in [0.5, 0.6) is 0 Å². The molecule has 0 radical (unpaired) electrons. The van der Waals surface area contributed by atoms with Gasteiger partial charge in [-0.05, 0) is 46.5 Å². The number of amidine groups is 2. The number of aromatic nitrogens is 3. The van der Waals surface area contributed by atoms with E-state index < -0.39 is 6.17 Å². The Labute approximate surface area is 335 Å². The summed E-state index contributed by atoms with van der Waals surface area (Å²) in [7, 11) is 0. The van der Waals surface area contributed by atoms with Crippen molar-refractivity contribution < 1.29 is 0 Å². The molecule has 58 heavy (non-hydrogen) atoms. The average molecular weight is 745 g/mol. The Morgan fingerprint density at radius 2 is 0.862 bits per heavy atom. The van der Waals surface area contributed by atoms with Crippen LogP contribution < -0.4 is 5.32 Å². The van der Waals surface area contributed by atoms with Crippen molar-refractivity contribution in [2.45, 2.75) is 6.17 Å². The highest BCUT2D eigenvalue weighted by Gasteiger charge is 2.26. The largest absolute Gasteiger partial charge is 0.344 e. The van der Waals surface area contributed by atoms with Gasteiger partial charge in [0, 0.05) is 33.4 Å². The van der Waals surface area contributed by atoms with Crippen LogP contribution >= 0.6 is 0 Å². The van der Waals surface area contributed by atoms with Crippen LogP contribution in [0.15, 0.2) is 192 Å². The van der Waals surface area contributed by atoms with Gasteiger partial charge in [-0.2, -0.15) is 10.5 Å². The molecule has 1 aliphatic heterocycles. The number of aliphatic imine (C=N–C) groups is 2. The molecule has 2 heterocycles. The number of benzene rings is 7. The third-order valence-electron chi connectivity index (χ3n) is 9.89. The first-order chi connectivity index (χ1) is 28.6. The van der Waals surface area contributed by atoms with Gasteiger partial charge in [0.2, 0.25) is 0 Å². The van der Waals surface area contributed by atoms with Crippen LogP contribution in [0.3, 0.4) is 0 Å². The van der Waals surface area contributed by atoms with E-state index in [1.54, 1.807) is 0 Å². The summed E-state index contributed by atoms with van der Waals surface area (Å²) in [5.41, 5.74) is 9.42. The van der Waals surface area contributed by atoms with E-state index in [0.29, 0.717) is 45.8 Å². The first kappa shape index (κ1) is 35.4. The highest BCUT2D eigenvalue weighted by atomic mass is 15.2. The minimum Gasteiger partial charge on any atom is -0.344 e. The lowest BCUT2D eigenvalue weighted by molar-refractivity contribution is 0.675. The normalized spacial score (nSPS) is 13.3. The number of hydrogen-bond donors (Lipinski definition) is 1. The highest BCUT2D eigenvalue weighted by Crippen LogP contribution is 2.41. The van der Waals surface area contributed by atoms with E-state index in [1.165, 1.54) is 0 Å². The van der Waals surface area contributed by atoms with Crippen molar-refractivity contribution >= 4 is 11.7 Å². The van der Waals surface area contributed by atoms with Crippen molar-refractivity contribution in [3.8, 4) is 68.6 Å². The molecule has 0 bridgehead atoms. The van der Waals surface area contributed by atoms with Crippen LogP contribution in [0.1, 0.15) is 34.0 Å². The third-order valence-corrected chi connectivity index (χ3v) is 9.89. The first-order valence-corrected chi connectivity index (χ1v) is 18.7. The molecule has 0 saturated carbocycles. The van der Waals surface area contributed by atoms with Gasteiger partial charge < -0.3 is 5.32 Å². The molecule has 0 saturated heterocycles. The zero-order valence-corrected chi connectivity index (χ0v) is 31.0. The summed E-state index contributed by atoms with van der Waals surface area (Å²) in [6, 6.07) is 63.6. The first-order valence-electron chi connectivity index (χ1n) is 18.7. The Bertz CT molecular complexity index is 2870. The van der Waals surface area contributed by atoms with Crippen molar-refractivity contribution in [2.24, 2.45) is 9.98 Å². The zero-order valence-electron chi connectivity index (χ0n) is 31.0. The van der Waals surface area contributed by atoms with Crippen molar-refractivity contribution in [2.75, 3.05) is 0 Å². The molecular formula is C50H32N8. The van der Waals surface area contributed by atoms with Gasteiger partial charge in [0.05, 0.1) is 23.3 Å². The molecule has 8 aromatic rings. The lowest BCUT2D eigenvalue weighted by Crippen LogP contribution is -2.33. The van der Waals surface area contributed by atoms with Crippen molar-refractivity contribution in [3.63, 3.8) is 0 Å². The molecule has 1 aliphatic rings. The predicted octanol–water partition coefficient (Wildman–Crippen LogP) is 10.4. The molecular weight excluding hydrogens is 713 g/mol. The highest BCUT2D eigenvalue weighted by molar-refractivity contribution is 6.13. The fourth-order valence-electron chi connectivity index (χ4n) is 7.09. The van der Waals surface area contributed by atoms with Crippen LogP contribution in [0.25, 0.3) is 56.4 Å². The monoisotopic (exact) mass is 744 g/mol. The molecule has 0 aliphatic carbocycles. The molecule has 8 nitrogen and oxygen atoms in total. The fraction of sp³-hybridized carbons (Fsp3) is 0.0200. The standard InChI is InChI=1S/C50H32N8/c51-31-33-25-27-41(43(29-33)49-55-45(35-15-5-1-6-16-35)53-46(56-49)36-17-7-2-8-18-36)39-23-13-14-24-40(39)42-28-26-34(32-52)30-44(42)50-57-47(37-19-9-3-10-20-37)54-48(58-50)38-21-11-4-12-22-38/h1-30,49H,(H,53,55,56). The second kappa shape index (κ2) is 15.8. The summed E-state index contributed by atoms with van der Waals surface area (Å²) in [6.45, 7) is 0.